The second-order valence-corrected chi connectivity index (χ2v) is 8.87. The molecule has 33 heavy (non-hydrogen) atoms. The van der Waals surface area contributed by atoms with Crippen LogP contribution in [-0.2, 0) is 10.5 Å². The lowest BCUT2D eigenvalue weighted by molar-refractivity contribution is 0.0999. The third kappa shape index (κ3) is 4.91. The van der Waals surface area contributed by atoms with Crippen molar-refractivity contribution in [3.05, 3.63) is 57.3 Å². The number of anilines is 1. The Hall–Kier alpha value is -3.64. The fourth-order valence-corrected chi connectivity index (χ4v) is 4.96. The zero-order valence-electron chi connectivity index (χ0n) is 17.3. The number of benzene rings is 1. The van der Waals surface area contributed by atoms with Crippen LogP contribution in [0.4, 0.5) is 11.5 Å². The van der Waals surface area contributed by atoms with E-state index in [0.717, 1.165) is 17.8 Å². The normalized spacial score (nSPS) is 15.0. The molecule has 0 bridgehead atoms. The minimum absolute atomic E-state index is 0.0182. The Morgan fingerprint density at radius 2 is 2.18 bits per heavy atom. The average molecular weight is 479 g/mol. The largest absolute Gasteiger partial charge is 0.488 e. The summed E-state index contributed by atoms with van der Waals surface area (Å²) >= 11 is 2.41. The number of pyridine rings is 1. The molecular formula is C22H18N6O3S2. The number of hydrogen-bond acceptors (Lipinski definition) is 9. The summed E-state index contributed by atoms with van der Waals surface area (Å²) in [6.45, 7) is 8.83. The van der Waals surface area contributed by atoms with E-state index in [0.29, 0.717) is 46.6 Å². The Kier molecular flexibility index (Phi) is 6.75. The molecule has 9 nitrogen and oxygen atoms in total. The highest BCUT2D eigenvalue weighted by Crippen LogP contribution is 2.42. The topological polar surface area (TPSA) is 141 Å². The molecule has 11 heteroatoms. The van der Waals surface area contributed by atoms with E-state index >= 15 is 0 Å². The third-order valence-electron chi connectivity index (χ3n) is 4.84. The van der Waals surface area contributed by atoms with Crippen LogP contribution in [0, 0.1) is 17.9 Å². The van der Waals surface area contributed by atoms with Gasteiger partial charge in [-0.25, -0.2) is 14.8 Å². The number of nitriles is 1. The van der Waals surface area contributed by atoms with Gasteiger partial charge in [0, 0.05) is 23.1 Å². The maximum absolute atomic E-state index is 11.3. The summed E-state index contributed by atoms with van der Waals surface area (Å²) in [5.74, 6) is 0.495. The van der Waals surface area contributed by atoms with Crippen LogP contribution in [0.1, 0.15) is 27.5 Å². The molecule has 1 aromatic carbocycles. The van der Waals surface area contributed by atoms with Gasteiger partial charge in [-0.05, 0) is 17.7 Å². The number of hydrogen-bond donors (Lipinski definition) is 2. The summed E-state index contributed by atoms with van der Waals surface area (Å²) in [6.07, 6.45) is 0.855. The van der Waals surface area contributed by atoms with E-state index in [9.17, 15) is 10.1 Å². The number of nitrogen functional groups attached to an aromatic ring is 1. The Labute approximate surface area is 198 Å². The highest BCUT2D eigenvalue weighted by atomic mass is 32.2. The van der Waals surface area contributed by atoms with Gasteiger partial charge in [0.15, 0.2) is 5.01 Å². The Morgan fingerprint density at radius 3 is 2.79 bits per heavy atom. The van der Waals surface area contributed by atoms with E-state index < -0.39 is 5.91 Å². The van der Waals surface area contributed by atoms with E-state index in [4.69, 9.17) is 27.5 Å². The SMILES string of the molecule is [C-]#[N+]c1c(N)nc(SCc2csc(C(N)=O)n2)c(C#N)c1-c1ccc(OC2CCOC2)cc1. The van der Waals surface area contributed by atoms with Crippen LogP contribution in [0.25, 0.3) is 16.0 Å². The van der Waals surface area contributed by atoms with E-state index in [2.05, 4.69) is 20.9 Å². The summed E-state index contributed by atoms with van der Waals surface area (Å²) in [7, 11) is 0. The van der Waals surface area contributed by atoms with Crippen molar-refractivity contribution in [2.75, 3.05) is 18.9 Å². The number of rotatable bonds is 7. The number of amides is 1. The smallest absolute Gasteiger partial charge is 0.277 e. The van der Waals surface area contributed by atoms with Gasteiger partial charge in [0.2, 0.25) is 5.69 Å². The molecule has 0 radical (unpaired) electrons. The third-order valence-corrected chi connectivity index (χ3v) is 6.76. The molecule has 0 spiro atoms. The number of aromatic nitrogens is 2. The van der Waals surface area contributed by atoms with Crippen LogP contribution in [0.2, 0.25) is 0 Å². The maximum atomic E-state index is 11.3. The molecule has 0 aliphatic carbocycles. The lowest BCUT2D eigenvalue weighted by Crippen LogP contribution is -2.15. The summed E-state index contributed by atoms with van der Waals surface area (Å²) in [5.41, 5.74) is 13.4. The molecule has 4 rings (SSSR count). The molecule has 1 saturated heterocycles. The van der Waals surface area contributed by atoms with E-state index in [1.165, 1.54) is 11.8 Å². The van der Waals surface area contributed by atoms with Crippen molar-refractivity contribution in [1.82, 2.24) is 9.97 Å². The fourth-order valence-electron chi connectivity index (χ4n) is 3.30. The standard InChI is InChI=1S/C22H18N6O3S2/c1-26-18-17(12-2-4-14(5-3-12)31-15-6-7-30-9-15)16(8-23)21(28-19(18)24)32-10-13-11-33-22(27-13)20(25)29/h2-5,11,15H,6-7,9-10H2,(H2,24,28)(H2,25,29). The molecule has 3 aromatic rings. The van der Waals surface area contributed by atoms with Crippen molar-refractivity contribution >= 4 is 40.5 Å². The molecule has 3 heterocycles. The molecule has 0 saturated carbocycles. The highest BCUT2D eigenvalue weighted by molar-refractivity contribution is 7.98. The molecule has 1 fully saturated rings. The number of carbonyl (C=O) groups is 1. The number of primary amides is 1. The van der Waals surface area contributed by atoms with Crippen LogP contribution in [0.5, 0.6) is 5.75 Å². The second kappa shape index (κ2) is 9.88. The van der Waals surface area contributed by atoms with Crippen LogP contribution in [-0.4, -0.2) is 35.2 Å². The van der Waals surface area contributed by atoms with Gasteiger partial charge in [0.1, 0.15) is 28.8 Å². The monoisotopic (exact) mass is 478 g/mol. The summed E-state index contributed by atoms with van der Waals surface area (Å²) in [5, 5.41) is 12.3. The fraction of sp³-hybridized carbons (Fsp3) is 0.227. The number of ether oxygens (including phenoxy) is 2. The lowest BCUT2D eigenvalue weighted by atomic mass is 10.00. The summed E-state index contributed by atoms with van der Waals surface area (Å²) < 4.78 is 11.2. The lowest BCUT2D eigenvalue weighted by Gasteiger charge is -2.15. The predicted octanol–water partition coefficient (Wildman–Crippen LogP) is 3.77. The van der Waals surface area contributed by atoms with Crippen LogP contribution in [0.3, 0.4) is 0 Å². The molecule has 1 amide bonds. The second-order valence-electron chi connectivity index (χ2n) is 7.05. The van der Waals surface area contributed by atoms with Gasteiger partial charge in [-0.1, -0.05) is 23.9 Å². The van der Waals surface area contributed by atoms with Crippen molar-refractivity contribution in [2.45, 2.75) is 23.3 Å². The number of nitrogens with two attached hydrogens (primary N) is 2. The van der Waals surface area contributed by atoms with E-state index in [1.807, 2.05) is 0 Å². The number of thiazole rings is 1. The van der Waals surface area contributed by atoms with Crippen molar-refractivity contribution in [3.63, 3.8) is 0 Å². The first-order chi connectivity index (χ1) is 16.0. The summed E-state index contributed by atoms with van der Waals surface area (Å²) in [6, 6.07) is 9.36. The van der Waals surface area contributed by atoms with E-state index in [-0.39, 0.29) is 28.2 Å². The number of thioether (sulfide) groups is 1. The molecule has 1 aliphatic heterocycles. The van der Waals surface area contributed by atoms with Gasteiger partial charge in [0.05, 0.1) is 31.0 Å². The van der Waals surface area contributed by atoms with Crippen molar-refractivity contribution in [1.29, 1.82) is 5.26 Å². The average Bonchev–Trinajstić information content (AvgIpc) is 3.50. The van der Waals surface area contributed by atoms with Gasteiger partial charge in [-0.3, -0.25) is 4.79 Å². The van der Waals surface area contributed by atoms with Gasteiger partial charge in [-0.15, -0.1) is 11.3 Å². The first-order valence-corrected chi connectivity index (χ1v) is 11.7. The minimum Gasteiger partial charge on any atom is -0.488 e. The van der Waals surface area contributed by atoms with E-state index in [1.54, 1.807) is 29.6 Å². The van der Waals surface area contributed by atoms with Gasteiger partial charge >= 0.3 is 0 Å². The molecule has 1 atom stereocenters. The Morgan fingerprint density at radius 1 is 1.39 bits per heavy atom. The van der Waals surface area contributed by atoms with Crippen molar-refractivity contribution in [3.8, 4) is 22.9 Å². The Bertz CT molecular complexity index is 1270. The first kappa shape index (κ1) is 22.6. The molecular weight excluding hydrogens is 460 g/mol. The maximum Gasteiger partial charge on any atom is 0.277 e. The van der Waals surface area contributed by atoms with Crippen LogP contribution in [0.15, 0.2) is 34.7 Å². The number of nitrogens with zero attached hydrogens (tertiary/aromatic N) is 4. The number of carbonyl (C=O) groups excluding carboxylic acids is 1. The first-order valence-electron chi connectivity index (χ1n) is 9.83. The summed E-state index contributed by atoms with van der Waals surface area (Å²) in [4.78, 5) is 23.3. The molecule has 1 aliphatic rings. The van der Waals surface area contributed by atoms with Crippen molar-refractivity contribution < 1.29 is 14.3 Å². The zero-order chi connectivity index (χ0) is 23.4. The molecule has 4 N–H and O–H groups in total. The van der Waals surface area contributed by atoms with Gasteiger partial charge < -0.3 is 20.9 Å². The van der Waals surface area contributed by atoms with Crippen LogP contribution < -0.4 is 16.2 Å². The minimum atomic E-state index is -0.590. The molecule has 1 unspecified atom stereocenters. The highest BCUT2D eigenvalue weighted by Gasteiger charge is 2.22. The quantitative estimate of drug-likeness (QED) is 0.386. The van der Waals surface area contributed by atoms with Gasteiger partial charge in [0.25, 0.3) is 5.91 Å². The van der Waals surface area contributed by atoms with Crippen LogP contribution >= 0.6 is 23.1 Å². The predicted molar refractivity (Wildman–Crippen MR) is 125 cm³/mol. The molecule has 166 valence electrons. The Balaban J connectivity index is 1.65. The zero-order valence-corrected chi connectivity index (χ0v) is 18.9. The van der Waals surface area contributed by atoms with Gasteiger partial charge in [-0.2, -0.15) is 5.26 Å². The molecule has 2 aromatic heterocycles. The van der Waals surface area contributed by atoms with Crippen molar-refractivity contribution in [2.24, 2.45) is 5.73 Å².